The highest BCUT2D eigenvalue weighted by atomic mass is 16.2. The van der Waals surface area contributed by atoms with E-state index in [1.807, 2.05) is 4.90 Å². The van der Waals surface area contributed by atoms with Crippen LogP contribution in [0.5, 0.6) is 0 Å². The van der Waals surface area contributed by atoms with Crippen molar-refractivity contribution < 1.29 is 4.79 Å². The van der Waals surface area contributed by atoms with Gasteiger partial charge in [-0.2, -0.15) is 0 Å². The summed E-state index contributed by atoms with van der Waals surface area (Å²) in [5, 5.41) is 1.79. The third-order valence-electron chi connectivity index (χ3n) is 3.33. The molecule has 4 heteroatoms. The fraction of sp³-hybridized carbons (Fsp3) is 0.900. The zero-order valence-electron chi connectivity index (χ0n) is 8.61. The maximum atomic E-state index is 12.0. The minimum atomic E-state index is 0.319. The molecular weight excluding hydrogens is 178 g/mol. The number of piperazine rings is 1. The molecule has 0 unspecified atom stereocenters. The third-order valence-corrected chi connectivity index (χ3v) is 3.33. The van der Waals surface area contributed by atoms with Crippen molar-refractivity contribution in [2.45, 2.75) is 25.7 Å². The average molecular weight is 197 g/mol. The van der Waals surface area contributed by atoms with Gasteiger partial charge in [-0.15, -0.1) is 0 Å². The molecule has 80 valence electrons. The molecule has 2 aliphatic rings. The first-order valence-electron chi connectivity index (χ1n) is 5.56. The topological polar surface area (TPSA) is 49.6 Å². The number of rotatable bonds is 1. The minimum absolute atomic E-state index is 0.319. The van der Waals surface area contributed by atoms with Crippen LogP contribution < -0.4 is 5.84 Å². The molecule has 2 fully saturated rings. The Bertz CT molecular complexity index is 205. The van der Waals surface area contributed by atoms with Crippen LogP contribution in [0.1, 0.15) is 25.7 Å². The second-order valence-corrected chi connectivity index (χ2v) is 4.34. The van der Waals surface area contributed by atoms with Crippen LogP contribution in [0.4, 0.5) is 0 Å². The maximum Gasteiger partial charge on any atom is 0.225 e. The number of amides is 1. The van der Waals surface area contributed by atoms with E-state index in [4.69, 9.17) is 5.84 Å². The Kier molecular flexibility index (Phi) is 3.03. The highest BCUT2D eigenvalue weighted by molar-refractivity contribution is 5.79. The smallest absolute Gasteiger partial charge is 0.225 e. The zero-order chi connectivity index (χ0) is 9.97. The van der Waals surface area contributed by atoms with Gasteiger partial charge < -0.3 is 4.90 Å². The first kappa shape index (κ1) is 9.93. The summed E-state index contributed by atoms with van der Waals surface area (Å²) in [6.07, 6.45) is 4.66. The van der Waals surface area contributed by atoms with Crippen molar-refractivity contribution in [1.82, 2.24) is 9.91 Å². The molecule has 0 atom stereocenters. The Morgan fingerprint density at radius 3 is 2.21 bits per heavy atom. The molecule has 1 heterocycles. The zero-order valence-corrected chi connectivity index (χ0v) is 8.61. The average Bonchev–Trinajstić information content (AvgIpc) is 2.71. The van der Waals surface area contributed by atoms with Crippen molar-refractivity contribution in [1.29, 1.82) is 0 Å². The minimum Gasteiger partial charge on any atom is -0.340 e. The molecular formula is C10H19N3O. The Morgan fingerprint density at radius 1 is 1.07 bits per heavy atom. The van der Waals surface area contributed by atoms with Gasteiger partial charge in [0.2, 0.25) is 5.91 Å². The highest BCUT2D eigenvalue weighted by Gasteiger charge is 2.28. The Balaban J connectivity index is 1.85. The second-order valence-electron chi connectivity index (χ2n) is 4.34. The quantitative estimate of drug-likeness (QED) is 0.611. The lowest BCUT2D eigenvalue weighted by Gasteiger charge is -2.33. The molecule has 0 spiro atoms. The van der Waals surface area contributed by atoms with Gasteiger partial charge in [0.1, 0.15) is 0 Å². The molecule has 0 aromatic carbocycles. The standard InChI is InChI=1S/C10H19N3O/c11-13-7-5-12(6-8-13)10(14)9-3-1-2-4-9/h9H,1-8,11H2. The summed E-state index contributed by atoms with van der Waals surface area (Å²) in [4.78, 5) is 14.0. The van der Waals surface area contributed by atoms with Gasteiger partial charge in [0, 0.05) is 32.1 Å². The predicted octanol–water partition coefficient (Wildman–Crippen LogP) is 0.194. The van der Waals surface area contributed by atoms with E-state index < -0.39 is 0 Å². The van der Waals surface area contributed by atoms with Crippen LogP contribution in [0.25, 0.3) is 0 Å². The van der Waals surface area contributed by atoms with Crippen LogP contribution in [0.2, 0.25) is 0 Å². The van der Waals surface area contributed by atoms with Crippen LogP contribution in [0, 0.1) is 5.92 Å². The van der Waals surface area contributed by atoms with E-state index in [0.29, 0.717) is 11.8 Å². The largest absolute Gasteiger partial charge is 0.340 e. The van der Waals surface area contributed by atoms with Crippen LogP contribution in [0.3, 0.4) is 0 Å². The number of hydrogen-bond donors (Lipinski definition) is 1. The van der Waals surface area contributed by atoms with Crippen LogP contribution in [-0.4, -0.2) is 42.0 Å². The molecule has 2 N–H and O–H groups in total. The summed E-state index contributed by atoms with van der Waals surface area (Å²) in [7, 11) is 0. The van der Waals surface area contributed by atoms with E-state index in [1.54, 1.807) is 5.01 Å². The summed E-state index contributed by atoms with van der Waals surface area (Å²) in [5.41, 5.74) is 0. The summed E-state index contributed by atoms with van der Waals surface area (Å²) < 4.78 is 0. The number of carbonyl (C=O) groups is 1. The Labute approximate surface area is 85.0 Å². The molecule has 0 radical (unpaired) electrons. The van der Waals surface area contributed by atoms with Gasteiger partial charge in [0.25, 0.3) is 0 Å². The maximum absolute atomic E-state index is 12.0. The molecule has 0 aromatic heterocycles. The fourth-order valence-electron chi connectivity index (χ4n) is 2.37. The van der Waals surface area contributed by atoms with Crippen molar-refractivity contribution in [3.63, 3.8) is 0 Å². The van der Waals surface area contributed by atoms with Crippen molar-refractivity contribution in [3.8, 4) is 0 Å². The summed E-state index contributed by atoms with van der Waals surface area (Å²) in [6, 6.07) is 0. The molecule has 1 aliphatic heterocycles. The van der Waals surface area contributed by atoms with Gasteiger partial charge >= 0.3 is 0 Å². The lowest BCUT2D eigenvalue weighted by atomic mass is 10.1. The third kappa shape index (κ3) is 2.07. The highest BCUT2D eigenvalue weighted by Crippen LogP contribution is 2.26. The van der Waals surface area contributed by atoms with E-state index in [2.05, 4.69) is 0 Å². The molecule has 2 rings (SSSR count). The van der Waals surface area contributed by atoms with E-state index >= 15 is 0 Å². The predicted molar refractivity (Wildman–Crippen MR) is 54.3 cm³/mol. The molecule has 14 heavy (non-hydrogen) atoms. The molecule has 1 saturated carbocycles. The molecule has 1 saturated heterocycles. The lowest BCUT2D eigenvalue weighted by Crippen LogP contribution is -2.52. The number of hydrogen-bond acceptors (Lipinski definition) is 3. The van der Waals surface area contributed by atoms with E-state index in [0.717, 1.165) is 39.0 Å². The lowest BCUT2D eigenvalue weighted by molar-refractivity contribution is -0.137. The van der Waals surface area contributed by atoms with Gasteiger partial charge in [-0.1, -0.05) is 12.8 Å². The normalized spacial score (nSPS) is 25.6. The molecule has 1 aliphatic carbocycles. The fourth-order valence-corrected chi connectivity index (χ4v) is 2.37. The summed E-state index contributed by atoms with van der Waals surface area (Å²) in [6.45, 7) is 3.26. The number of hydrazine groups is 1. The van der Waals surface area contributed by atoms with Crippen LogP contribution >= 0.6 is 0 Å². The van der Waals surface area contributed by atoms with E-state index in [9.17, 15) is 4.79 Å². The van der Waals surface area contributed by atoms with Gasteiger partial charge in [-0.05, 0) is 12.8 Å². The van der Waals surface area contributed by atoms with E-state index in [1.165, 1.54) is 12.8 Å². The molecule has 4 nitrogen and oxygen atoms in total. The first-order chi connectivity index (χ1) is 6.77. The number of nitrogens with zero attached hydrogens (tertiary/aromatic N) is 2. The van der Waals surface area contributed by atoms with Gasteiger partial charge in [-0.3, -0.25) is 10.6 Å². The van der Waals surface area contributed by atoms with Gasteiger partial charge in [-0.25, -0.2) is 5.01 Å². The monoisotopic (exact) mass is 197 g/mol. The summed E-state index contributed by atoms with van der Waals surface area (Å²) >= 11 is 0. The van der Waals surface area contributed by atoms with Crippen molar-refractivity contribution >= 4 is 5.91 Å². The van der Waals surface area contributed by atoms with Crippen LogP contribution in [0.15, 0.2) is 0 Å². The van der Waals surface area contributed by atoms with E-state index in [-0.39, 0.29) is 0 Å². The molecule has 1 amide bonds. The Morgan fingerprint density at radius 2 is 1.64 bits per heavy atom. The van der Waals surface area contributed by atoms with Gasteiger partial charge in [0.05, 0.1) is 0 Å². The Hall–Kier alpha value is -0.610. The number of nitrogens with two attached hydrogens (primary N) is 1. The van der Waals surface area contributed by atoms with Crippen molar-refractivity contribution in [2.24, 2.45) is 11.8 Å². The molecule has 0 bridgehead atoms. The van der Waals surface area contributed by atoms with Gasteiger partial charge in [0.15, 0.2) is 0 Å². The first-order valence-corrected chi connectivity index (χ1v) is 5.56. The van der Waals surface area contributed by atoms with Crippen LogP contribution in [-0.2, 0) is 4.79 Å². The SMILES string of the molecule is NN1CCN(C(=O)C2CCCC2)CC1. The summed E-state index contributed by atoms with van der Waals surface area (Å²) in [5.74, 6) is 6.34. The van der Waals surface area contributed by atoms with Crippen molar-refractivity contribution in [3.05, 3.63) is 0 Å². The number of carbonyl (C=O) groups excluding carboxylic acids is 1. The van der Waals surface area contributed by atoms with Crippen molar-refractivity contribution in [2.75, 3.05) is 26.2 Å². The molecule has 0 aromatic rings. The second kappa shape index (κ2) is 4.28.